The molecule has 2 rings (SSSR count). The van der Waals surface area contributed by atoms with E-state index in [-0.39, 0.29) is 5.82 Å². The van der Waals surface area contributed by atoms with E-state index in [0.717, 1.165) is 11.3 Å². The van der Waals surface area contributed by atoms with Crippen LogP contribution in [0.3, 0.4) is 0 Å². The molecule has 2 N–H and O–H groups in total. The summed E-state index contributed by atoms with van der Waals surface area (Å²) in [6, 6.07) is 7.79. The minimum atomic E-state index is 0.205. The van der Waals surface area contributed by atoms with Crippen LogP contribution in [0.5, 0.6) is 5.75 Å². The summed E-state index contributed by atoms with van der Waals surface area (Å²) in [4.78, 5) is 18.7. The number of anilines is 1. The minimum absolute atomic E-state index is 0.205. The van der Waals surface area contributed by atoms with Crippen molar-refractivity contribution in [3.63, 3.8) is 0 Å². The van der Waals surface area contributed by atoms with Gasteiger partial charge in [0, 0.05) is 12.6 Å². The molecule has 0 saturated carbocycles. The molecular formula is C14H15N3O2. The second kappa shape index (κ2) is 5.95. The maximum Gasteiger partial charge on any atom is 0.155 e. The average molecular weight is 257 g/mol. The molecule has 1 aromatic heterocycles. The zero-order valence-corrected chi connectivity index (χ0v) is 10.7. The quantitative estimate of drug-likeness (QED) is 0.826. The Morgan fingerprint density at radius 1 is 1.37 bits per heavy atom. The molecule has 0 bridgehead atoms. The lowest BCUT2D eigenvalue weighted by atomic mass is 10.2. The van der Waals surface area contributed by atoms with Crippen LogP contribution in [0.2, 0.25) is 0 Å². The van der Waals surface area contributed by atoms with Crippen molar-refractivity contribution in [1.29, 1.82) is 0 Å². The topological polar surface area (TPSA) is 78.1 Å². The van der Waals surface area contributed by atoms with E-state index in [9.17, 15) is 4.79 Å². The SMILES string of the molecule is Cc1ccccc1OCCc1ncc(C=O)c(N)n1. The first kappa shape index (κ1) is 13.0. The Morgan fingerprint density at radius 3 is 2.84 bits per heavy atom. The summed E-state index contributed by atoms with van der Waals surface area (Å²) in [5.74, 6) is 1.62. The van der Waals surface area contributed by atoms with Crippen LogP contribution in [-0.4, -0.2) is 22.9 Å². The van der Waals surface area contributed by atoms with Crippen molar-refractivity contribution in [1.82, 2.24) is 9.97 Å². The summed E-state index contributed by atoms with van der Waals surface area (Å²) < 4.78 is 5.65. The van der Waals surface area contributed by atoms with Crippen LogP contribution in [0.4, 0.5) is 5.82 Å². The summed E-state index contributed by atoms with van der Waals surface area (Å²) in [7, 11) is 0. The van der Waals surface area contributed by atoms with Crippen molar-refractivity contribution in [3.8, 4) is 5.75 Å². The number of rotatable bonds is 5. The number of hydrogen-bond donors (Lipinski definition) is 1. The molecule has 0 unspecified atom stereocenters. The van der Waals surface area contributed by atoms with Crippen molar-refractivity contribution >= 4 is 12.1 Å². The standard InChI is InChI=1S/C14H15N3O2/c1-10-4-2-3-5-12(10)19-7-6-13-16-8-11(9-18)14(15)17-13/h2-5,8-9H,6-7H2,1H3,(H2,15,16,17). The van der Waals surface area contributed by atoms with Gasteiger partial charge in [0.15, 0.2) is 6.29 Å². The fraction of sp³-hybridized carbons (Fsp3) is 0.214. The highest BCUT2D eigenvalue weighted by Gasteiger charge is 2.04. The van der Waals surface area contributed by atoms with Crippen LogP contribution in [-0.2, 0) is 6.42 Å². The van der Waals surface area contributed by atoms with Gasteiger partial charge >= 0.3 is 0 Å². The third-order valence-electron chi connectivity index (χ3n) is 2.70. The second-order valence-corrected chi connectivity index (χ2v) is 4.11. The van der Waals surface area contributed by atoms with Gasteiger partial charge in [-0.25, -0.2) is 9.97 Å². The van der Waals surface area contributed by atoms with Gasteiger partial charge in [0.25, 0.3) is 0 Å². The van der Waals surface area contributed by atoms with Crippen molar-refractivity contribution in [2.45, 2.75) is 13.3 Å². The van der Waals surface area contributed by atoms with E-state index in [1.54, 1.807) is 0 Å². The van der Waals surface area contributed by atoms with Gasteiger partial charge in [0.05, 0.1) is 12.2 Å². The normalized spacial score (nSPS) is 10.2. The number of aldehydes is 1. The van der Waals surface area contributed by atoms with E-state index in [4.69, 9.17) is 10.5 Å². The highest BCUT2D eigenvalue weighted by molar-refractivity contribution is 5.80. The lowest BCUT2D eigenvalue weighted by Gasteiger charge is -2.08. The molecular weight excluding hydrogens is 242 g/mol. The van der Waals surface area contributed by atoms with Crippen molar-refractivity contribution in [2.24, 2.45) is 0 Å². The molecule has 0 spiro atoms. The van der Waals surface area contributed by atoms with Crippen LogP contribution in [0.1, 0.15) is 21.7 Å². The molecule has 19 heavy (non-hydrogen) atoms. The number of carbonyl (C=O) groups excluding carboxylic acids is 1. The number of para-hydroxylation sites is 1. The highest BCUT2D eigenvalue weighted by Crippen LogP contribution is 2.16. The number of benzene rings is 1. The van der Waals surface area contributed by atoms with E-state index in [0.29, 0.717) is 30.7 Å². The molecule has 1 aromatic carbocycles. The number of hydrogen-bond acceptors (Lipinski definition) is 5. The zero-order valence-electron chi connectivity index (χ0n) is 10.7. The number of nitrogen functional groups attached to an aromatic ring is 1. The molecule has 0 radical (unpaired) electrons. The number of nitrogens with two attached hydrogens (primary N) is 1. The van der Waals surface area contributed by atoms with Gasteiger partial charge < -0.3 is 10.5 Å². The molecule has 1 heterocycles. The molecule has 0 amide bonds. The molecule has 5 nitrogen and oxygen atoms in total. The van der Waals surface area contributed by atoms with Crippen molar-refractivity contribution in [2.75, 3.05) is 12.3 Å². The van der Waals surface area contributed by atoms with Gasteiger partial charge in [0.2, 0.25) is 0 Å². The maximum atomic E-state index is 10.6. The van der Waals surface area contributed by atoms with Crippen LogP contribution in [0.25, 0.3) is 0 Å². The molecule has 0 saturated heterocycles. The number of aromatic nitrogens is 2. The Balaban J connectivity index is 1.94. The molecule has 0 aliphatic rings. The molecule has 98 valence electrons. The first-order chi connectivity index (χ1) is 9.20. The zero-order chi connectivity index (χ0) is 13.7. The molecule has 0 atom stereocenters. The molecule has 0 fully saturated rings. The molecule has 2 aromatic rings. The Morgan fingerprint density at radius 2 is 2.16 bits per heavy atom. The second-order valence-electron chi connectivity index (χ2n) is 4.11. The number of aryl methyl sites for hydroxylation is 1. The third-order valence-corrected chi connectivity index (χ3v) is 2.70. The van der Waals surface area contributed by atoms with E-state index in [2.05, 4.69) is 9.97 Å². The van der Waals surface area contributed by atoms with E-state index < -0.39 is 0 Å². The lowest BCUT2D eigenvalue weighted by Crippen LogP contribution is -2.08. The summed E-state index contributed by atoms with van der Waals surface area (Å²) in [5, 5.41) is 0. The molecule has 0 aliphatic heterocycles. The average Bonchev–Trinajstić information content (AvgIpc) is 2.41. The predicted molar refractivity (Wildman–Crippen MR) is 72.2 cm³/mol. The molecule has 0 aliphatic carbocycles. The fourth-order valence-corrected chi connectivity index (χ4v) is 1.62. The largest absolute Gasteiger partial charge is 0.493 e. The smallest absolute Gasteiger partial charge is 0.155 e. The van der Waals surface area contributed by atoms with Crippen molar-refractivity contribution < 1.29 is 9.53 Å². The van der Waals surface area contributed by atoms with Gasteiger partial charge in [0.1, 0.15) is 17.4 Å². The molecule has 5 heteroatoms. The number of ether oxygens (including phenoxy) is 1. The van der Waals surface area contributed by atoms with Gasteiger partial charge in [-0.3, -0.25) is 4.79 Å². The van der Waals surface area contributed by atoms with Gasteiger partial charge in [-0.2, -0.15) is 0 Å². The lowest BCUT2D eigenvalue weighted by molar-refractivity contribution is 0.112. The number of nitrogens with zero attached hydrogens (tertiary/aromatic N) is 2. The highest BCUT2D eigenvalue weighted by atomic mass is 16.5. The Hall–Kier alpha value is -2.43. The first-order valence-electron chi connectivity index (χ1n) is 5.95. The number of carbonyl (C=O) groups is 1. The first-order valence-corrected chi connectivity index (χ1v) is 5.95. The van der Waals surface area contributed by atoms with E-state index in [1.807, 2.05) is 31.2 Å². The monoisotopic (exact) mass is 257 g/mol. The van der Waals surface area contributed by atoms with Crippen LogP contribution >= 0.6 is 0 Å². The van der Waals surface area contributed by atoms with Crippen LogP contribution in [0.15, 0.2) is 30.5 Å². The Labute approximate surface area is 111 Å². The van der Waals surface area contributed by atoms with Crippen LogP contribution < -0.4 is 10.5 Å². The Bertz CT molecular complexity index is 585. The van der Waals surface area contributed by atoms with Gasteiger partial charge in [-0.1, -0.05) is 18.2 Å². The summed E-state index contributed by atoms with van der Waals surface area (Å²) in [5.41, 5.74) is 7.01. The van der Waals surface area contributed by atoms with E-state index >= 15 is 0 Å². The predicted octanol–water partition coefficient (Wildman–Crippen LogP) is 1.80. The third kappa shape index (κ3) is 3.28. The summed E-state index contributed by atoms with van der Waals surface area (Å²) in [6.07, 6.45) is 2.61. The van der Waals surface area contributed by atoms with Gasteiger partial charge in [-0.15, -0.1) is 0 Å². The van der Waals surface area contributed by atoms with E-state index in [1.165, 1.54) is 6.20 Å². The summed E-state index contributed by atoms with van der Waals surface area (Å²) >= 11 is 0. The van der Waals surface area contributed by atoms with Crippen molar-refractivity contribution in [3.05, 3.63) is 47.4 Å². The Kier molecular flexibility index (Phi) is 4.07. The minimum Gasteiger partial charge on any atom is -0.493 e. The maximum absolute atomic E-state index is 10.6. The summed E-state index contributed by atoms with van der Waals surface area (Å²) in [6.45, 7) is 2.45. The fourth-order valence-electron chi connectivity index (χ4n) is 1.62. The van der Waals surface area contributed by atoms with Crippen LogP contribution in [0, 0.1) is 6.92 Å². The van der Waals surface area contributed by atoms with Gasteiger partial charge in [-0.05, 0) is 18.6 Å².